The summed E-state index contributed by atoms with van der Waals surface area (Å²) in [4.78, 5) is 11.1. The molecule has 0 aliphatic carbocycles. The number of rotatable bonds is 5. The summed E-state index contributed by atoms with van der Waals surface area (Å²) < 4.78 is 47.7. The number of aromatic nitrogens is 2. The Morgan fingerprint density at radius 1 is 1.50 bits per heavy atom. The lowest BCUT2D eigenvalue weighted by Crippen LogP contribution is -2.32. The number of nitrogens with zero attached hydrogens (tertiary/aromatic N) is 2. The summed E-state index contributed by atoms with van der Waals surface area (Å²) in [5.41, 5.74) is 0. The molecular formula is C6H7ClF2N4O3S2. The highest BCUT2D eigenvalue weighted by Gasteiger charge is 2.48. The maximum atomic E-state index is 13.2. The molecule has 18 heavy (non-hydrogen) atoms. The molecule has 0 atom stereocenters. The molecule has 0 saturated heterocycles. The molecule has 1 heterocycles. The van der Waals surface area contributed by atoms with Crippen LogP contribution in [0.15, 0.2) is 0 Å². The van der Waals surface area contributed by atoms with Gasteiger partial charge in [-0.1, -0.05) is 11.3 Å². The standard InChI is InChI=1S/C6H7ClF2N4O3S2/c7-2-1-3(14)11-5-13-12-4(17-5)6(8,9)18(10,15)16/h1-2H2,(H2,10,15,16)(H,11,13,14). The second-order valence-electron chi connectivity index (χ2n) is 2.96. The van der Waals surface area contributed by atoms with Gasteiger partial charge < -0.3 is 5.32 Å². The Balaban J connectivity index is 2.91. The van der Waals surface area contributed by atoms with E-state index in [-0.39, 0.29) is 28.8 Å². The molecule has 0 aromatic carbocycles. The Kier molecular flexibility index (Phi) is 4.53. The summed E-state index contributed by atoms with van der Waals surface area (Å²) in [6.45, 7) is 0. The van der Waals surface area contributed by atoms with Gasteiger partial charge in [0.05, 0.1) is 0 Å². The maximum Gasteiger partial charge on any atom is 0.411 e. The van der Waals surface area contributed by atoms with Crippen molar-refractivity contribution in [2.24, 2.45) is 5.14 Å². The molecule has 0 aliphatic heterocycles. The highest BCUT2D eigenvalue weighted by Crippen LogP contribution is 2.35. The topological polar surface area (TPSA) is 115 Å². The van der Waals surface area contributed by atoms with E-state index in [4.69, 9.17) is 11.6 Å². The second-order valence-corrected chi connectivity index (χ2v) is 5.92. The average molecular weight is 321 g/mol. The van der Waals surface area contributed by atoms with Gasteiger partial charge in [0.2, 0.25) is 16.0 Å². The van der Waals surface area contributed by atoms with Crippen LogP contribution in [-0.2, 0) is 20.1 Å². The lowest BCUT2D eigenvalue weighted by Gasteiger charge is -2.08. The van der Waals surface area contributed by atoms with E-state index in [1.165, 1.54) is 0 Å². The number of amides is 1. The molecule has 1 aromatic rings. The van der Waals surface area contributed by atoms with E-state index < -0.39 is 26.2 Å². The van der Waals surface area contributed by atoms with E-state index in [9.17, 15) is 22.0 Å². The first-order valence-corrected chi connectivity index (χ1v) is 7.18. The van der Waals surface area contributed by atoms with E-state index >= 15 is 0 Å². The van der Waals surface area contributed by atoms with Gasteiger partial charge in [-0.15, -0.1) is 21.8 Å². The number of sulfonamides is 1. The molecule has 0 radical (unpaired) electrons. The van der Waals surface area contributed by atoms with Gasteiger partial charge in [-0.2, -0.15) is 8.78 Å². The zero-order chi connectivity index (χ0) is 14.0. The number of nitrogens with one attached hydrogen (secondary N) is 1. The quantitative estimate of drug-likeness (QED) is 0.764. The monoisotopic (exact) mass is 320 g/mol. The largest absolute Gasteiger partial charge is 0.411 e. The third-order valence-corrected chi connectivity index (χ3v) is 3.73. The minimum Gasteiger partial charge on any atom is -0.300 e. The van der Waals surface area contributed by atoms with E-state index in [1.54, 1.807) is 0 Å². The first-order valence-electron chi connectivity index (χ1n) is 4.28. The number of anilines is 1. The molecule has 0 aliphatic rings. The van der Waals surface area contributed by atoms with Gasteiger partial charge in [0.25, 0.3) is 10.0 Å². The van der Waals surface area contributed by atoms with Crippen LogP contribution >= 0.6 is 22.9 Å². The molecule has 12 heteroatoms. The summed E-state index contributed by atoms with van der Waals surface area (Å²) in [5.74, 6) is -0.503. The van der Waals surface area contributed by atoms with Crippen molar-refractivity contribution < 1.29 is 22.0 Å². The molecule has 1 amide bonds. The number of primary sulfonamides is 1. The third kappa shape index (κ3) is 3.31. The van der Waals surface area contributed by atoms with Crippen LogP contribution in [0, 0.1) is 0 Å². The lowest BCUT2D eigenvalue weighted by atomic mass is 10.5. The first kappa shape index (κ1) is 15.1. The summed E-state index contributed by atoms with van der Waals surface area (Å²) >= 11 is 5.51. The van der Waals surface area contributed by atoms with Gasteiger partial charge >= 0.3 is 5.25 Å². The normalized spacial score (nSPS) is 12.4. The Bertz CT molecular complexity index is 547. The molecule has 0 spiro atoms. The Labute approximate surface area is 109 Å². The second kappa shape index (κ2) is 5.38. The molecule has 7 nitrogen and oxygen atoms in total. The minimum absolute atomic E-state index is 0.0396. The molecule has 102 valence electrons. The van der Waals surface area contributed by atoms with E-state index in [0.29, 0.717) is 0 Å². The summed E-state index contributed by atoms with van der Waals surface area (Å²) in [6.07, 6.45) is -0.0396. The molecule has 1 aromatic heterocycles. The van der Waals surface area contributed by atoms with E-state index in [1.807, 2.05) is 0 Å². The number of carbonyl (C=O) groups excluding carboxylic acids is 1. The summed E-state index contributed by atoms with van der Waals surface area (Å²) in [6, 6.07) is 0. The fraction of sp³-hybridized carbons (Fsp3) is 0.500. The van der Waals surface area contributed by atoms with Gasteiger partial charge in [0, 0.05) is 12.3 Å². The molecule has 1 rings (SSSR count). The number of nitrogens with two attached hydrogens (primary N) is 1. The smallest absolute Gasteiger partial charge is 0.300 e. The predicted octanol–water partition coefficient (Wildman–Crippen LogP) is 0.443. The SMILES string of the molecule is NS(=O)(=O)C(F)(F)c1nnc(NC(=O)CCCl)s1. The van der Waals surface area contributed by atoms with Crippen LogP contribution in [0.3, 0.4) is 0 Å². The van der Waals surface area contributed by atoms with Crippen molar-refractivity contribution >= 4 is 44.0 Å². The van der Waals surface area contributed by atoms with Crippen LogP contribution in [0.5, 0.6) is 0 Å². The highest BCUT2D eigenvalue weighted by atomic mass is 35.5. The minimum atomic E-state index is -5.14. The fourth-order valence-corrected chi connectivity index (χ4v) is 2.34. The number of halogens is 3. The van der Waals surface area contributed by atoms with Gasteiger partial charge in [-0.3, -0.25) is 4.79 Å². The Morgan fingerprint density at radius 3 is 2.61 bits per heavy atom. The fourth-order valence-electron chi connectivity index (χ4n) is 0.781. The van der Waals surface area contributed by atoms with Crippen molar-refractivity contribution in [3.8, 4) is 0 Å². The van der Waals surface area contributed by atoms with Gasteiger partial charge in [-0.05, 0) is 0 Å². The van der Waals surface area contributed by atoms with Crippen molar-refractivity contribution in [2.45, 2.75) is 11.7 Å². The van der Waals surface area contributed by atoms with Crippen molar-refractivity contribution in [1.29, 1.82) is 0 Å². The van der Waals surface area contributed by atoms with Gasteiger partial charge in [0.1, 0.15) is 0 Å². The van der Waals surface area contributed by atoms with E-state index in [0.717, 1.165) is 0 Å². The Hall–Kier alpha value is -0.910. The van der Waals surface area contributed by atoms with Crippen LogP contribution in [0.2, 0.25) is 0 Å². The number of alkyl halides is 3. The van der Waals surface area contributed by atoms with Crippen LogP contribution in [0.25, 0.3) is 0 Å². The van der Waals surface area contributed by atoms with Crippen LogP contribution in [0.4, 0.5) is 13.9 Å². The zero-order valence-corrected chi connectivity index (χ0v) is 11.0. The average Bonchev–Trinajstić information content (AvgIpc) is 2.65. The lowest BCUT2D eigenvalue weighted by molar-refractivity contribution is -0.115. The van der Waals surface area contributed by atoms with E-state index in [2.05, 4.69) is 20.7 Å². The van der Waals surface area contributed by atoms with Crippen molar-refractivity contribution in [3.63, 3.8) is 0 Å². The molecule has 0 fully saturated rings. The molecule has 0 unspecified atom stereocenters. The third-order valence-electron chi connectivity index (χ3n) is 1.60. The predicted molar refractivity (Wildman–Crippen MR) is 60.9 cm³/mol. The van der Waals surface area contributed by atoms with Crippen molar-refractivity contribution in [1.82, 2.24) is 10.2 Å². The molecule has 3 N–H and O–H groups in total. The summed E-state index contributed by atoms with van der Waals surface area (Å²) in [5, 5.41) is 6.96. The van der Waals surface area contributed by atoms with Gasteiger partial charge in [0.15, 0.2) is 0 Å². The van der Waals surface area contributed by atoms with Crippen LogP contribution in [0.1, 0.15) is 11.4 Å². The van der Waals surface area contributed by atoms with Crippen LogP contribution in [-0.4, -0.2) is 30.4 Å². The number of carbonyl (C=O) groups is 1. The molecular weight excluding hydrogens is 314 g/mol. The van der Waals surface area contributed by atoms with Crippen molar-refractivity contribution in [3.05, 3.63) is 5.01 Å². The summed E-state index contributed by atoms with van der Waals surface area (Å²) in [7, 11) is -5.14. The van der Waals surface area contributed by atoms with Crippen molar-refractivity contribution in [2.75, 3.05) is 11.2 Å². The first-order chi connectivity index (χ1) is 8.18. The molecule has 0 bridgehead atoms. The van der Waals surface area contributed by atoms with Gasteiger partial charge in [-0.25, -0.2) is 13.6 Å². The maximum absolute atomic E-state index is 13.2. The number of hydrogen-bond donors (Lipinski definition) is 2. The Morgan fingerprint density at radius 2 is 2.11 bits per heavy atom. The van der Waals surface area contributed by atoms with Crippen LogP contribution < -0.4 is 10.5 Å². The molecule has 0 saturated carbocycles. The number of hydrogen-bond acceptors (Lipinski definition) is 6. The highest BCUT2D eigenvalue weighted by molar-refractivity contribution is 7.89. The zero-order valence-electron chi connectivity index (χ0n) is 8.56.